The number of aryl methyl sites for hydroxylation is 3. The zero-order valence-corrected chi connectivity index (χ0v) is 20.7. The molecule has 0 N–H and O–H groups in total. The normalized spacial score (nSPS) is 17.9. The zero-order chi connectivity index (χ0) is 25.5. The topological polar surface area (TPSA) is 42.2 Å². The molecule has 1 heterocycles. The Morgan fingerprint density at radius 3 is 2.31 bits per heavy atom. The van der Waals surface area contributed by atoms with Crippen molar-refractivity contribution in [3.8, 4) is 6.07 Å². The van der Waals surface area contributed by atoms with Gasteiger partial charge in [0.15, 0.2) is 6.29 Å². The van der Waals surface area contributed by atoms with E-state index in [9.17, 15) is 8.78 Å². The van der Waals surface area contributed by atoms with Gasteiger partial charge in [0.1, 0.15) is 29.1 Å². The molecule has 1 aliphatic heterocycles. The molecule has 0 saturated carbocycles. The Kier molecular flexibility index (Phi) is 9.01. The third-order valence-corrected chi connectivity index (χ3v) is 6.92. The van der Waals surface area contributed by atoms with Crippen molar-refractivity contribution in [2.24, 2.45) is 5.92 Å². The molecular formula is C30H32F3NO2. The van der Waals surface area contributed by atoms with Gasteiger partial charge in [-0.25, -0.2) is 13.2 Å². The van der Waals surface area contributed by atoms with Gasteiger partial charge in [-0.15, -0.1) is 0 Å². The molecule has 4 rings (SSSR count). The monoisotopic (exact) mass is 495 g/mol. The van der Waals surface area contributed by atoms with Crippen molar-refractivity contribution in [2.45, 2.75) is 64.6 Å². The van der Waals surface area contributed by atoms with Crippen LogP contribution in [0.2, 0.25) is 0 Å². The van der Waals surface area contributed by atoms with Crippen LogP contribution in [0.5, 0.6) is 0 Å². The van der Waals surface area contributed by atoms with Crippen LogP contribution < -0.4 is 0 Å². The van der Waals surface area contributed by atoms with Gasteiger partial charge in [0.2, 0.25) is 0 Å². The van der Waals surface area contributed by atoms with Gasteiger partial charge in [-0.1, -0.05) is 56.5 Å². The number of nitrogens with zero attached hydrogens (tertiary/aromatic N) is 1. The SMILES string of the molecule is CCCCCC1COC(CCc2ccc3c(F)c(CCc4cc(F)c(C#N)c(F)c4)ccc3c2)OC1. The van der Waals surface area contributed by atoms with E-state index in [2.05, 4.69) is 6.92 Å². The highest BCUT2D eigenvalue weighted by Crippen LogP contribution is 2.26. The maximum absolute atomic E-state index is 15.2. The van der Waals surface area contributed by atoms with Crippen molar-refractivity contribution >= 4 is 10.8 Å². The molecule has 1 saturated heterocycles. The standard InChI is InChI=1S/C30H32F3NO2/c1-2-3-4-5-22-18-35-29(36-19-22)13-8-20-7-12-25-24(14-20)11-10-23(30(25)33)9-6-21-15-27(31)26(17-34)28(32)16-21/h7,10-12,14-16,22,29H,2-6,8-9,13,18-19H2,1H3. The summed E-state index contributed by atoms with van der Waals surface area (Å²) in [5.41, 5.74) is 1.37. The van der Waals surface area contributed by atoms with Crippen LogP contribution in [0.15, 0.2) is 42.5 Å². The number of hydrogen-bond acceptors (Lipinski definition) is 3. The number of rotatable bonds is 10. The summed E-state index contributed by atoms with van der Waals surface area (Å²) in [5, 5.41) is 10.1. The lowest BCUT2D eigenvalue weighted by atomic mass is 9.97. The minimum absolute atomic E-state index is 0.195. The average Bonchev–Trinajstić information content (AvgIpc) is 2.88. The molecule has 0 amide bonds. The first-order chi connectivity index (χ1) is 17.5. The van der Waals surface area contributed by atoms with Gasteiger partial charge in [0.25, 0.3) is 0 Å². The minimum Gasteiger partial charge on any atom is -0.352 e. The summed E-state index contributed by atoms with van der Waals surface area (Å²) < 4.78 is 54.7. The largest absolute Gasteiger partial charge is 0.352 e. The second kappa shape index (κ2) is 12.4. The van der Waals surface area contributed by atoms with Gasteiger partial charge in [-0.2, -0.15) is 5.26 Å². The molecule has 1 fully saturated rings. The lowest BCUT2D eigenvalue weighted by Gasteiger charge is -2.29. The van der Waals surface area contributed by atoms with E-state index < -0.39 is 17.2 Å². The van der Waals surface area contributed by atoms with Crippen molar-refractivity contribution < 1.29 is 22.6 Å². The molecule has 190 valence electrons. The Hall–Kier alpha value is -2.88. The summed E-state index contributed by atoms with van der Waals surface area (Å²) >= 11 is 0. The molecule has 0 spiro atoms. The molecule has 3 aromatic rings. The van der Waals surface area contributed by atoms with Crippen LogP contribution in [0.1, 0.15) is 61.3 Å². The van der Waals surface area contributed by atoms with E-state index >= 15 is 4.39 Å². The molecule has 3 nitrogen and oxygen atoms in total. The fourth-order valence-electron chi connectivity index (χ4n) is 4.77. The fourth-order valence-corrected chi connectivity index (χ4v) is 4.77. The van der Waals surface area contributed by atoms with Gasteiger partial charge >= 0.3 is 0 Å². The van der Waals surface area contributed by atoms with Gasteiger partial charge in [0.05, 0.1) is 13.2 Å². The molecule has 0 atom stereocenters. The van der Waals surface area contributed by atoms with Gasteiger partial charge in [0, 0.05) is 17.7 Å². The van der Waals surface area contributed by atoms with Crippen LogP contribution in [0.25, 0.3) is 10.8 Å². The molecule has 0 bridgehead atoms. The predicted molar refractivity (Wildman–Crippen MR) is 134 cm³/mol. The summed E-state index contributed by atoms with van der Waals surface area (Å²) in [4.78, 5) is 0. The third kappa shape index (κ3) is 6.46. The number of ether oxygens (including phenoxy) is 2. The first-order valence-corrected chi connectivity index (χ1v) is 12.8. The smallest absolute Gasteiger partial charge is 0.157 e. The zero-order valence-electron chi connectivity index (χ0n) is 20.7. The van der Waals surface area contributed by atoms with Crippen LogP contribution in [-0.2, 0) is 28.7 Å². The Labute approximate surface area is 210 Å². The fraction of sp³-hybridized carbons (Fsp3) is 0.433. The van der Waals surface area contributed by atoms with Gasteiger partial charge in [-0.3, -0.25) is 0 Å². The van der Waals surface area contributed by atoms with Crippen molar-refractivity contribution in [2.75, 3.05) is 13.2 Å². The Morgan fingerprint density at radius 2 is 1.61 bits per heavy atom. The Balaban J connectivity index is 1.33. The highest BCUT2D eigenvalue weighted by Gasteiger charge is 2.22. The first kappa shape index (κ1) is 26.2. The van der Waals surface area contributed by atoms with Crippen LogP contribution in [0, 0.1) is 34.7 Å². The highest BCUT2D eigenvalue weighted by atomic mass is 19.1. The molecule has 6 heteroatoms. The van der Waals surface area contributed by atoms with E-state index in [0.717, 1.165) is 55.6 Å². The van der Waals surface area contributed by atoms with Crippen LogP contribution >= 0.6 is 0 Å². The summed E-state index contributed by atoms with van der Waals surface area (Å²) in [5.74, 6) is -1.62. The summed E-state index contributed by atoms with van der Waals surface area (Å²) in [7, 11) is 0. The van der Waals surface area contributed by atoms with Crippen LogP contribution in [0.4, 0.5) is 13.2 Å². The molecule has 3 aromatic carbocycles. The van der Waals surface area contributed by atoms with E-state index in [-0.39, 0.29) is 18.5 Å². The van der Waals surface area contributed by atoms with E-state index in [1.807, 2.05) is 18.2 Å². The summed E-state index contributed by atoms with van der Waals surface area (Å²) in [6.07, 6.45) is 6.74. The molecule has 0 radical (unpaired) electrons. The van der Waals surface area contributed by atoms with Gasteiger partial charge in [-0.05, 0) is 59.9 Å². The van der Waals surface area contributed by atoms with Crippen LogP contribution in [0.3, 0.4) is 0 Å². The Morgan fingerprint density at radius 1 is 0.861 bits per heavy atom. The second-order valence-corrected chi connectivity index (χ2v) is 9.64. The quantitative estimate of drug-likeness (QED) is 0.275. The van der Waals surface area contributed by atoms with Gasteiger partial charge < -0.3 is 9.47 Å². The minimum atomic E-state index is -0.894. The number of halogens is 3. The molecule has 0 unspecified atom stereocenters. The molecule has 0 aliphatic carbocycles. The number of hydrogen-bond donors (Lipinski definition) is 0. The number of nitriles is 1. The Bertz CT molecular complexity index is 1210. The highest BCUT2D eigenvalue weighted by molar-refractivity contribution is 5.84. The van der Waals surface area contributed by atoms with E-state index in [4.69, 9.17) is 14.7 Å². The lowest BCUT2D eigenvalue weighted by molar-refractivity contribution is -0.203. The first-order valence-electron chi connectivity index (χ1n) is 12.8. The maximum Gasteiger partial charge on any atom is 0.157 e. The van der Waals surface area contributed by atoms with Crippen LogP contribution in [-0.4, -0.2) is 19.5 Å². The lowest BCUT2D eigenvalue weighted by Crippen LogP contribution is -2.32. The van der Waals surface area contributed by atoms with Crippen molar-refractivity contribution in [3.63, 3.8) is 0 Å². The summed E-state index contributed by atoms with van der Waals surface area (Å²) in [6, 6.07) is 13.1. The molecular weight excluding hydrogens is 463 g/mol. The van der Waals surface area contributed by atoms with E-state index in [1.165, 1.54) is 25.3 Å². The van der Waals surface area contributed by atoms with Crippen molar-refractivity contribution in [3.05, 3.63) is 82.2 Å². The van der Waals surface area contributed by atoms with Crippen molar-refractivity contribution in [1.29, 1.82) is 5.26 Å². The van der Waals surface area contributed by atoms with Crippen molar-refractivity contribution in [1.82, 2.24) is 0 Å². The number of benzene rings is 3. The van der Waals surface area contributed by atoms with E-state index in [0.29, 0.717) is 28.9 Å². The molecule has 36 heavy (non-hydrogen) atoms. The number of fused-ring (bicyclic) bond motifs is 1. The van der Waals surface area contributed by atoms with E-state index in [1.54, 1.807) is 12.1 Å². The summed E-state index contributed by atoms with van der Waals surface area (Å²) in [6.45, 7) is 3.71. The molecule has 1 aliphatic rings. The second-order valence-electron chi connectivity index (χ2n) is 9.64. The average molecular weight is 496 g/mol. The maximum atomic E-state index is 15.2. The third-order valence-electron chi connectivity index (χ3n) is 6.92. The number of unbranched alkanes of at least 4 members (excludes halogenated alkanes) is 2. The predicted octanol–water partition coefficient (Wildman–Crippen LogP) is 7.42. The molecule has 0 aromatic heterocycles.